The van der Waals surface area contributed by atoms with Crippen molar-refractivity contribution in [3.05, 3.63) is 0 Å². The molecule has 114 valence electrons. The van der Waals surface area contributed by atoms with Crippen LogP contribution in [0.25, 0.3) is 0 Å². The van der Waals surface area contributed by atoms with Crippen molar-refractivity contribution in [2.45, 2.75) is 25.2 Å². The van der Waals surface area contributed by atoms with E-state index >= 15 is 0 Å². The Morgan fingerprint density at radius 2 is 1.68 bits per heavy atom. The lowest BCUT2D eigenvalue weighted by Gasteiger charge is -2.20. The number of phosphoric ester groups is 1. The molecule has 0 spiro atoms. The van der Waals surface area contributed by atoms with Gasteiger partial charge in [0.2, 0.25) is 0 Å². The van der Waals surface area contributed by atoms with Gasteiger partial charge in [-0.05, 0) is 6.92 Å². The third-order valence-electron chi connectivity index (χ3n) is 1.74. The summed E-state index contributed by atoms with van der Waals surface area (Å²) in [5.74, 6) is -1.29. The summed E-state index contributed by atoms with van der Waals surface area (Å²) in [5, 5.41) is 26.6. The number of carbonyl (C=O) groups excluding carboxylic acids is 1. The van der Waals surface area contributed by atoms with Gasteiger partial charge in [-0.2, -0.15) is 4.31 Å². The van der Waals surface area contributed by atoms with Crippen LogP contribution in [0.2, 0.25) is 0 Å². The molecule has 11 nitrogen and oxygen atoms in total. The molecule has 0 saturated heterocycles. The average Bonchev–Trinajstić information content (AvgIpc) is 2.21. The largest absolute Gasteiger partial charge is 0.481 e. The van der Waals surface area contributed by atoms with Gasteiger partial charge in [-0.3, -0.25) is 9.32 Å². The van der Waals surface area contributed by atoms with Gasteiger partial charge in [-0.25, -0.2) is 9.13 Å². The highest BCUT2D eigenvalue weighted by atomic mass is 31.3. The second-order valence-electron chi connectivity index (χ2n) is 3.39. The highest BCUT2D eigenvalue weighted by Gasteiger charge is 2.38. The Labute approximate surface area is 107 Å². The fourth-order valence-electron chi connectivity index (χ4n) is 0.935. The highest BCUT2D eigenvalue weighted by molar-refractivity contribution is 7.60. The molecule has 0 saturated carbocycles. The number of ketones is 1. The van der Waals surface area contributed by atoms with Crippen molar-refractivity contribution < 1.29 is 52.8 Å². The van der Waals surface area contributed by atoms with Gasteiger partial charge >= 0.3 is 15.6 Å². The van der Waals surface area contributed by atoms with Crippen LogP contribution in [0.5, 0.6) is 0 Å². The van der Waals surface area contributed by atoms with Gasteiger partial charge in [0, 0.05) is 0 Å². The summed E-state index contributed by atoms with van der Waals surface area (Å²) in [4.78, 5) is 36.9. The molecule has 0 radical (unpaired) electrons. The van der Waals surface area contributed by atoms with E-state index in [1.54, 1.807) is 0 Å². The van der Waals surface area contributed by atoms with Crippen LogP contribution in [-0.4, -0.2) is 60.7 Å². The van der Waals surface area contributed by atoms with Crippen LogP contribution in [0.1, 0.15) is 6.92 Å². The number of hydrogen-bond donors (Lipinski definition) is 6. The Hall–Kier alpha value is -0.190. The van der Waals surface area contributed by atoms with Gasteiger partial charge in [-0.1, -0.05) is 0 Å². The van der Waals surface area contributed by atoms with Gasteiger partial charge in [0.05, 0.1) is 6.61 Å². The van der Waals surface area contributed by atoms with E-state index in [1.165, 1.54) is 0 Å². The maximum atomic E-state index is 11.4. The van der Waals surface area contributed by atoms with Crippen LogP contribution < -0.4 is 0 Å². The summed E-state index contributed by atoms with van der Waals surface area (Å²) in [6.07, 6.45) is -5.76. The Balaban J connectivity index is 4.69. The summed E-state index contributed by atoms with van der Waals surface area (Å²) in [6, 6.07) is 0. The maximum absolute atomic E-state index is 11.4. The van der Waals surface area contributed by atoms with Gasteiger partial charge in [-0.15, -0.1) is 0 Å². The van der Waals surface area contributed by atoms with Gasteiger partial charge in [0.25, 0.3) is 0 Å². The molecule has 0 aliphatic rings. The van der Waals surface area contributed by atoms with Crippen LogP contribution in [0.15, 0.2) is 0 Å². The summed E-state index contributed by atoms with van der Waals surface area (Å²) >= 11 is 0. The number of rotatable bonds is 8. The fourth-order valence-corrected chi connectivity index (χ4v) is 2.67. The molecule has 19 heavy (non-hydrogen) atoms. The topological polar surface area (TPSA) is 191 Å². The molecular formula is C6H14O11P2. The van der Waals surface area contributed by atoms with Crippen molar-refractivity contribution in [3.63, 3.8) is 0 Å². The molecule has 0 amide bonds. The van der Waals surface area contributed by atoms with E-state index < -0.39 is 46.3 Å². The molecule has 0 aromatic rings. The number of phosphoric acid groups is 2. The van der Waals surface area contributed by atoms with Crippen LogP contribution in [0, 0.1) is 0 Å². The molecule has 0 bridgehead atoms. The standard InChI is InChI=1S/C6H14O11P2/c1-3(5(9)6(10)4(8)2-7)16-19(14,15)17-18(11,12)13/h3-4,6-8,10H,2H2,1H3,(H,14,15)(H2,11,12,13)/t3-,4+,6-/m1/s1. The summed E-state index contributed by atoms with van der Waals surface area (Å²) in [6.45, 7) is -0.0725. The van der Waals surface area contributed by atoms with Crippen molar-refractivity contribution in [3.8, 4) is 0 Å². The molecule has 13 heteroatoms. The average molecular weight is 324 g/mol. The molecule has 6 N–H and O–H groups in total. The van der Waals surface area contributed by atoms with Crippen molar-refractivity contribution in [1.29, 1.82) is 0 Å². The lowest BCUT2D eigenvalue weighted by molar-refractivity contribution is -0.141. The minimum Gasteiger partial charge on any atom is -0.394 e. The molecule has 0 fully saturated rings. The van der Waals surface area contributed by atoms with Crippen molar-refractivity contribution in [2.24, 2.45) is 0 Å². The van der Waals surface area contributed by atoms with E-state index in [0.29, 0.717) is 0 Å². The molecule has 0 aliphatic carbocycles. The van der Waals surface area contributed by atoms with Crippen LogP contribution in [0.4, 0.5) is 0 Å². The number of aliphatic hydroxyl groups is 3. The normalized spacial score (nSPS) is 20.4. The first-order valence-electron chi connectivity index (χ1n) is 4.68. The van der Waals surface area contributed by atoms with E-state index in [0.717, 1.165) is 6.92 Å². The molecule has 0 aliphatic heterocycles. The van der Waals surface area contributed by atoms with Crippen molar-refractivity contribution in [1.82, 2.24) is 0 Å². The van der Waals surface area contributed by atoms with E-state index in [2.05, 4.69) is 8.83 Å². The van der Waals surface area contributed by atoms with E-state index in [4.69, 9.17) is 24.9 Å². The van der Waals surface area contributed by atoms with E-state index in [-0.39, 0.29) is 0 Å². The third kappa shape index (κ3) is 7.23. The minimum atomic E-state index is -5.32. The van der Waals surface area contributed by atoms with Crippen molar-refractivity contribution in [2.75, 3.05) is 6.61 Å². The first-order chi connectivity index (χ1) is 8.39. The number of Topliss-reactive ketones (excluding diaryl/α,β-unsaturated/α-hetero) is 1. The Kier molecular flexibility index (Phi) is 6.93. The molecule has 0 aromatic heterocycles. The highest BCUT2D eigenvalue weighted by Crippen LogP contribution is 2.58. The summed E-state index contributed by atoms with van der Waals surface area (Å²) in [7, 11) is -10.6. The number of carbonyl (C=O) groups is 1. The van der Waals surface area contributed by atoms with Gasteiger partial charge in [0.1, 0.15) is 18.3 Å². The van der Waals surface area contributed by atoms with Crippen LogP contribution in [-0.2, 0) is 22.8 Å². The number of hydrogen-bond acceptors (Lipinski definition) is 8. The lowest BCUT2D eigenvalue weighted by atomic mass is 10.1. The quantitative estimate of drug-likeness (QED) is 0.268. The van der Waals surface area contributed by atoms with Gasteiger partial charge < -0.3 is 30.0 Å². The third-order valence-corrected chi connectivity index (χ3v) is 4.00. The predicted octanol–water partition coefficient (Wildman–Crippen LogP) is -2.12. The predicted molar refractivity (Wildman–Crippen MR) is 57.6 cm³/mol. The van der Waals surface area contributed by atoms with E-state index in [1.807, 2.05) is 0 Å². The first kappa shape index (κ1) is 18.8. The number of aliphatic hydroxyl groups excluding tert-OH is 3. The van der Waals surface area contributed by atoms with Crippen molar-refractivity contribution >= 4 is 21.4 Å². The van der Waals surface area contributed by atoms with E-state index in [9.17, 15) is 19.0 Å². The molecule has 4 atom stereocenters. The molecule has 0 heterocycles. The zero-order valence-corrected chi connectivity index (χ0v) is 11.3. The fraction of sp³-hybridized carbons (Fsp3) is 0.833. The lowest BCUT2D eigenvalue weighted by Crippen LogP contribution is -2.41. The van der Waals surface area contributed by atoms with Crippen LogP contribution in [0.3, 0.4) is 0 Å². The summed E-state index contributed by atoms with van der Waals surface area (Å²) < 4.78 is 28.9. The Bertz CT molecular complexity index is 402. The maximum Gasteiger partial charge on any atom is 0.481 e. The molecular weight excluding hydrogens is 310 g/mol. The molecule has 0 rings (SSSR count). The first-order valence-corrected chi connectivity index (χ1v) is 7.71. The monoisotopic (exact) mass is 324 g/mol. The second kappa shape index (κ2) is 7.00. The van der Waals surface area contributed by atoms with Gasteiger partial charge in [0.15, 0.2) is 5.78 Å². The second-order valence-corrected chi connectivity index (χ2v) is 6.17. The molecule has 0 aromatic carbocycles. The minimum absolute atomic E-state index is 0.877. The zero-order chi connectivity index (χ0) is 15.4. The Morgan fingerprint density at radius 3 is 2.05 bits per heavy atom. The SMILES string of the molecule is C[C@@H](OP(=O)(O)OP(=O)(O)O)C(=O)[C@H](O)[C@@H](O)CO. The molecule has 1 unspecified atom stereocenters. The van der Waals surface area contributed by atoms with Crippen LogP contribution >= 0.6 is 15.6 Å². The smallest absolute Gasteiger partial charge is 0.394 e. The Morgan fingerprint density at radius 1 is 1.21 bits per heavy atom. The summed E-state index contributed by atoms with van der Waals surface area (Å²) in [5.41, 5.74) is 0. The zero-order valence-electron chi connectivity index (χ0n) is 9.56.